The molecule has 2 heterocycles. The largest absolute Gasteiger partial charge is 0.478 e. The van der Waals surface area contributed by atoms with Gasteiger partial charge in [-0.25, -0.2) is 9.78 Å². The highest BCUT2D eigenvalue weighted by Crippen LogP contribution is 2.30. The topological polar surface area (TPSA) is 92.5 Å². The van der Waals surface area contributed by atoms with Crippen molar-refractivity contribution in [1.82, 2.24) is 14.5 Å². The summed E-state index contributed by atoms with van der Waals surface area (Å²) < 4.78 is 1.69. The van der Waals surface area contributed by atoms with Crippen LogP contribution in [0, 0.1) is 0 Å². The number of benzene rings is 2. The van der Waals surface area contributed by atoms with E-state index in [1.54, 1.807) is 23.9 Å². The molecule has 1 atom stereocenters. The molecular formula is C25H25N3O4. The van der Waals surface area contributed by atoms with Crippen molar-refractivity contribution in [3.8, 4) is 11.4 Å². The Balaban J connectivity index is 1.83. The second kappa shape index (κ2) is 8.42. The van der Waals surface area contributed by atoms with E-state index in [4.69, 9.17) is 0 Å². The zero-order valence-electron chi connectivity index (χ0n) is 18.3. The number of fused-ring (bicyclic) bond motifs is 1. The number of aromatic nitrogens is 2. The molecule has 0 aliphatic carbocycles. The molecule has 0 unspecified atom stereocenters. The number of imidazole rings is 1. The highest BCUT2D eigenvalue weighted by atomic mass is 16.4. The lowest BCUT2D eigenvalue weighted by Gasteiger charge is -2.37. The molecule has 0 radical (unpaired) electrons. The number of aryl methyl sites for hydroxylation is 1. The van der Waals surface area contributed by atoms with Crippen LogP contribution in [-0.4, -0.2) is 43.3 Å². The van der Waals surface area contributed by atoms with Gasteiger partial charge in [0.2, 0.25) is 0 Å². The Morgan fingerprint density at radius 3 is 2.47 bits per heavy atom. The first kappa shape index (κ1) is 21.5. The van der Waals surface area contributed by atoms with Crippen molar-refractivity contribution < 1.29 is 19.5 Å². The summed E-state index contributed by atoms with van der Waals surface area (Å²) in [5.74, 6) is -1.08. The van der Waals surface area contributed by atoms with Gasteiger partial charge in [0.15, 0.2) is 5.78 Å². The quantitative estimate of drug-likeness (QED) is 0.617. The predicted octanol–water partition coefficient (Wildman–Crippen LogP) is 3.97. The minimum atomic E-state index is -1.11. The van der Waals surface area contributed by atoms with E-state index in [1.165, 1.54) is 24.6 Å². The molecule has 0 saturated heterocycles. The second-order valence-electron chi connectivity index (χ2n) is 8.15. The van der Waals surface area contributed by atoms with Gasteiger partial charge in [-0.1, -0.05) is 31.2 Å². The summed E-state index contributed by atoms with van der Waals surface area (Å²) in [6.07, 6.45) is 3.15. The Kier molecular flexibility index (Phi) is 5.65. The molecule has 1 aliphatic heterocycles. The van der Waals surface area contributed by atoms with Crippen LogP contribution in [0.15, 0.2) is 48.7 Å². The molecule has 1 aromatic heterocycles. The van der Waals surface area contributed by atoms with Crippen LogP contribution in [-0.2, 0) is 20.0 Å². The number of carbonyl (C=O) groups is 3. The summed E-state index contributed by atoms with van der Waals surface area (Å²) in [4.78, 5) is 43.5. The Labute approximate surface area is 186 Å². The van der Waals surface area contributed by atoms with Gasteiger partial charge in [-0.15, -0.1) is 0 Å². The van der Waals surface area contributed by atoms with Gasteiger partial charge in [0, 0.05) is 38.3 Å². The van der Waals surface area contributed by atoms with Gasteiger partial charge in [0.25, 0.3) is 5.91 Å². The van der Waals surface area contributed by atoms with E-state index in [0.29, 0.717) is 23.6 Å². The monoisotopic (exact) mass is 431 g/mol. The summed E-state index contributed by atoms with van der Waals surface area (Å²) in [6.45, 7) is 3.94. The van der Waals surface area contributed by atoms with Crippen LogP contribution in [0.25, 0.3) is 11.4 Å². The smallest absolute Gasteiger partial charge is 0.335 e. The molecule has 2 aromatic carbocycles. The van der Waals surface area contributed by atoms with Gasteiger partial charge in [-0.3, -0.25) is 9.59 Å². The maximum absolute atomic E-state index is 13.8. The van der Waals surface area contributed by atoms with Crippen LogP contribution in [0.3, 0.4) is 0 Å². The van der Waals surface area contributed by atoms with Crippen LogP contribution in [0.1, 0.15) is 62.6 Å². The molecule has 164 valence electrons. The van der Waals surface area contributed by atoms with E-state index < -0.39 is 5.97 Å². The summed E-state index contributed by atoms with van der Waals surface area (Å²) in [7, 11) is 1.75. The Morgan fingerprint density at radius 1 is 1.12 bits per heavy atom. The van der Waals surface area contributed by atoms with Crippen molar-refractivity contribution in [2.75, 3.05) is 0 Å². The minimum absolute atomic E-state index is 0.00730. The predicted molar refractivity (Wildman–Crippen MR) is 120 cm³/mol. The maximum Gasteiger partial charge on any atom is 0.335 e. The molecule has 4 rings (SSSR count). The molecular weight excluding hydrogens is 406 g/mol. The zero-order valence-corrected chi connectivity index (χ0v) is 18.3. The molecule has 1 amide bonds. The van der Waals surface area contributed by atoms with E-state index >= 15 is 0 Å². The molecule has 0 fully saturated rings. The lowest BCUT2D eigenvalue weighted by Crippen LogP contribution is -2.44. The first-order chi connectivity index (χ1) is 15.3. The lowest BCUT2D eigenvalue weighted by molar-refractivity contribution is 0.0635. The number of hydrogen-bond acceptors (Lipinski definition) is 4. The summed E-state index contributed by atoms with van der Waals surface area (Å²) in [5.41, 5.74) is 3.43. The average molecular weight is 431 g/mol. The number of ketones is 1. The third-order valence-corrected chi connectivity index (χ3v) is 6.06. The summed E-state index contributed by atoms with van der Waals surface area (Å²) in [6, 6.07) is 12.6. The molecule has 0 saturated carbocycles. The van der Waals surface area contributed by atoms with Crippen molar-refractivity contribution in [3.05, 3.63) is 76.6 Å². The van der Waals surface area contributed by atoms with E-state index in [0.717, 1.165) is 18.4 Å². The molecule has 1 N–H and O–H groups in total. The molecule has 0 spiro atoms. The molecule has 7 heteroatoms. The average Bonchev–Trinajstić information content (AvgIpc) is 3.19. The van der Waals surface area contributed by atoms with Crippen molar-refractivity contribution in [2.24, 2.45) is 7.05 Å². The van der Waals surface area contributed by atoms with E-state index in [9.17, 15) is 19.5 Å². The van der Waals surface area contributed by atoms with Gasteiger partial charge in [0.1, 0.15) is 11.5 Å². The number of amides is 1. The number of hydrogen-bond donors (Lipinski definition) is 1. The molecule has 7 nitrogen and oxygen atoms in total. The highest BCUT2D eigenvalue weighted by molar-refractivity contribution is 6.03. The zero-order chi connectivity index (χ0) is 23.0. The first-order valence-corrected chi connectivity index (χ1v) is 10.6. The first-order valence-electron chi connectivity index (χ1n) is 10.6. The van der Waals surface area contributed by atoms with E-state index in [2.05, 4.69) is 11.1 Å². The SMILES string of the molecule is CC[C@@H]1Cc2ccccc2CN1C(=O)c1cc(C(=O)O)ccc1-c1nc(C(C)=O)cn1C. The van der Waals surface area contributed by atoms with E-state index in [1.807, 2.05) is 30.0 Å². The van der Waals surface area contributed by atoms with Gasteiger partial charge in [0.05, 0.1) is 11.1 Å². The fourth-order valence-electron chi connectivity index (χ4n) is 4.28. The van der Waals surface area contributed by atoms with Crippen molar-refractivity contribution in [1.29, 1.82) is 0 Å². The fraction of sp³-hybridized carbons (Fsp3) is 0.280. The number of aromatic carboxylic acids is 1. The minimum Gasteiger partial charge on any atom is -0.478 e. The van der Waals surface area contributed by atoms with Crippen LogP contribution in [0.2, 0.25) is 0 Å². The molecule has 32 heavy (non-hydrogen) atoms. The van der Waals surface area contributed by atoms with Gasteiger partial charge >= 0.3 is 5.97 Å². The van der Waals surface area contributed by atoms with Crippen molar-refractivity contribution >= 4 is 17.7 Å². The van der Waals surface area contributed by atoms with Crippen molar-refractivity contribution in [3.63, 3.8) is 0 Å². The van der Waals surface area contributed by atoms with E-state index in [-0.39, 0.29) is 28.9 Å². The lowest BCUT2D eigenvalue weighted by atomic mass is 9.91. The third kappa shape index (κ3) is 3.82. The van der Waals surface area contributed by atoms with Crippen LogP contribution < -0.4 is 0 Å². The normalized spacial score (nSPS) is 15.3. The number of nitrogens with zero attached hydrogens (tertiary/aromatic N) is 3. The second-order valence-corrected chi connectivity index (χ2v) is 8.15. The third-order valence-electron chi connectivity index (χ3n) is 6.06. The Morgan fingerprint density at radius 2 is 1.84 bits per heavy atom. The number of carbonyl (C=O) groups excluding carboxylic acids is 2. The standard InChI is InChI=1S/C25H25N3O4/c1-4-19-11-16-7-5-6-8-18(16)13-28(19)24(30)21-12-17(25(31)32)9-10-20(21)23-26-22(15(2)29)14-27(23)3/h5-10,12,14,19H,4,11,13H2,1-3H3,(H,31,32)/t19-/m1/s1. The summed E-state index contributed by atoms with van der Waals surface area (Å²) >= 11 is 0. The van der Waals surface area contributed by atoms with Crippen LogP contribution >= 0.6 is 0 Å². The summed E-state index contributed by atoms with van der Waals surface area (Å²) in [5, 5.41) is 9.53. The van der Waals surface area contributed by atoms with Gasteiger partial charge < -0.3 is 14.6 Å². The number of carboxylic acids is 1. The molecule has 0 bridgehead atoms. The Hall–Kier alpha value is -3.74. The number of carboxylic acid groups (broad SMARTS) is 1. The van der Waals surface area contributed by atoms with Gasteiger partial charge in [-0.05, 0) is 42.2 Å². The fourth-order valence-corrected chi connectivity index (χ4v) is 4.28. The highest BCUT2D eigenvalue weighted by Gasteiger charge is 2.31. The van der Waals surface area contributed by atoms with Crippen molar-refractivity contribution in [2.45, 2.75) is 39.3 Å². The number of Topliss-reactive ketones (excluding diaryl/α,β-unsaturated/α-hetero) is 1. The van der Waals surface area contributed by atoms with Gasteiger partial charge in [-0.2, -0.15) is 0 Å². The molecule has 3 aromatic rings. The Bertz CT molecular complexity index is 1230. The number of rotatable bonds is 5. The van der Waals surface area contributed by atoms with Crippen LogP contribution in [0.4, 0.5) is 0 Å². The maximum atomic E-state index is 13.8. The van der Waals surface area contributed by atoms with Crippen LogP contribution in [0.5, 0.6) is 0 Å². The molecule has 1 aliphatic rings.